The van der Waals surface area contributed by atoms with E-state index in [1.165, 1.54) is 18.1 Å². The summed E-state index contributed by atoms with van der Waals surface area (Å²) >= 11 is 0. The molecule has 0 aliphatic carbocycles. The van der Waals surface area contributed by atoms with E-state index in [2.05, 4.69) is 31.0 Å². The molecule has 2 rings (SSSR count). The predicted octanol–water partition coefficient (Wildman–Crippen LogP) is 3.13. The van der Waals surface area contributed by atoms with E-state index in [0.717, 1.165) is 5.69 Å². The van der Waals surface area contributed by atoms with Gasteiger partial charge in [0.25, 0.3) is 0 Å². The molecular weight excluding hydrogens is 191 g/mol. The molecule has 0 atom stereocenters. The summed E-state index contributed by atoms with van der Waals surface area (Å²) in [7, 11) is 0. The summed E-state index contributed by atoms with van der Waals surface area (Å²) in [5.74, 6) is 0.0570. The molecule has 0 radical (unpaired) electrons. The van der Waals surface area contributed by atoms with Gasteiger partial charge in [-0.2, -0.15) is 4.39 Å². The van der Waals surface area contributed by atoms with Crippen molar-refractivity contribution < 1.29 is 4.39 Å². The number of nitrogens with zero attached hydrogens (tertiary/aromatic N) is 2. The van der Waals surface area contributed by atoms with Gasteiger partial charge in [0.2, 0.25) is 5.95 Å². The fourth-order valence-electron chi connectivity index (χ4n) is 1.47. The summed E-state index contributed by atoms with van der Waals surface area (Å²) in [6.45, 7) is 4.29. The van der Waals surface area contributed by atoms with Crippen LogP contribution in [-0.2, 0) is 0 Å². The van der Waals surface area contributed by atoms with E-state index in [-0.39, 0.29) is 0 Å². The van der Waals surface area contributed by atoms with Gasteiger partial charge < -0.3 is 4.57 Å². The van der Waals surface area contributed by atoms with Crippen molar-refractivity contribution >= 4 is 0 Å². The van der Waals surface area contributed by atoms with Crippen LogP contribution in [0.4, 0.5) is 4.39 Å². The van der Waals surface area contributed by atoms with Crippen molar-refractivity contribution in [3.05, 3.63) is 48.3 Å². The van der Waals surface area contributed by atoms with E-state index in [0.29, 0.717) is 5.92 Å². The normalized spacial score (nSPS) is 10.9. The molecule has 0 saturated heterocycles. The summed E-state index contributed by atoms with van der Waals surface area (Å²) in [5.41, 5.74) is 2.20. The van der Waals surface area contributed by atoms with Crippen molar-refractivity contribution in [3.8, 4) is 5.69 Å². The number of halogens is 1. The highest BCUT2D eigenvalue weighted by atomic mass is 19.1. The van der Waals surface area contributed by atoms with E-state index in [1.54, 1.807) is 4.57 Å². The molecule has 0 saturated carbocycles. The fourth-order valence-corrected chi connectivity index (χ4v) is 1.47. The van der Waals surface area contributed by atoms with Crippen molar-refractivity contribution in [2.45, 2.75) is 19.8 Å². The van der Waals surface area contributed by atoms with E-state index in [4.69, 9.17) is 0 Å². The molecule has 2 aromatic rings. The molecule has 0 bridgehead atoms. The number of aromatic nitrogens is 2. The zero-order valence-electron chi connectivity index (χ0n) is 8.81. The van der Waals surface area contributed by atoms with Crippen LogP contribution in [0.3, 0.4) is 0 Å². The van der Waals surface area contributed by atoms with Crippen LogP contribution in [0.1, 0.15) is 25.3 Å². The van der Waals surface area contributed by atoms with Gasteiger partial charge in [-0.15, -0.1) is 0 Å². The van der Waals surface area contributed by atoms with Crippen LogP contribution in [0.5, 0.6) is 0 Å². The highest BCUT2D eigenvalue weighted by Gasteiger charge is 2.01. The van der Waals surface area contributed by atoms with E-state index in [1.807, 2.05) is 12.1 Å². The molecule has 0 amide bonds. The Bertz CT molecular complexity index is 443. The Labute approximate surface area is 88.4 Å². The third kappa shape index (κ3) is 2.06. The van der Waals surface area contributed by atoms with Crippen molar-refractivity contribution in [2.75, 3.05) is 0 Å². The van der Waals surface area contributed by atoms with Gasteiger partial charge in [-0.1, -0.05) is 26.0 Å². The average Bonchev–Trinajstić information content (AvgIpc) is 2.65. The zero-order valence-corrected chi connectivity index (χ0v) is 8.81. The molecule has 1 aromatic heterocycles. The molecule has 0 aliphatic rings. The average molecular weight is 204 g/mol. The van der Waals surface area contributed by atoms with Gasteiger partial charge >= 0.3 is 0 Å². The molecule has 0 aliphatic heterocycles. The fraction of sp³-hybridized carbons (Fsp3) is 0.250. The Morgan fingerprint density at radius 2 is 1.87 bits per heavy atom. The second kappa shape index (κ2) is 3.85. The van der Waals surface area contributed by atoms with Crippen LogP contribution < -0.4 is 0 Å². The molecule has 1 aromatic carbocycles. The Kier molecular flexibility index (Phi) is 2.54. The summed E-state index contributed by atoms with van der Waals surface area (Å²) < 4.78 is 14.4. The highest BCUT2D eigenvalue weighted by Crippen LogP contribution is 2.16. The van der Waals surface area contributed by atoms with Crippen molar-refractivity contribution in [1.29, 1.82) is 0 Å². The molecule has 1 heterocycles. The Morgan fingerprint density at radius 1 is 1.20 bits per heavy atom. The second-order valence-electron chi connectivity index (χ2n) is 3.85. The first-order valence-corrected chi connectivity index (χ1v) is 4.96. The number of imidazole rings is 1. The lowest BCUT2D eigenvalue weighted by atomic mass is 10.0. The quantitative estimate of drug-likeness (QED) is 0.734. The third-order valence-electron chi connectivity index (χ3n) is 2.41. The SMILES string of the molecule is CC(C)c1ccc(-n2cnc(F)c2)cc1. The lowest BCUT2D eigenvalue weighted by molar-refractivity contribution is 0.590. The van der Waals surface area contributed by atoms with Crippen LogP contribution in [-0.4, -0.2) is 9.55 Å². The Hall–Kier alpha value is -1.64. The van der Waals surface area contributed by atoms with Gasteiger partial charge in [-0.3, -0.25) is 0 Å². The van der Waals surface area contributed by atoms with Crippen LogP contribution >= 0.6 is 0 Å². The van der Waals surface area contributed by atoms with Crippen molar-refractivity contribution in [1.82, 2.24) is 9.55 Å². The minimum Gasteiger partial charge on any atom is -0.303 e. The second-order valence-corrected chi connectivity index (χ2v) is 3.85. The smallest absolute Gasteiger partial charge is 0.231 e. The summed E-state index contributed by atoms with van der Waals surface area (Å²) in [6.07, 6.45) is 2.84. The lowest BCUT2D eigenvalue weighted by Crippen LogP contribution is -1.92. The zero-order chi connectivity index (χ0) is 10.8. The third-order valence-corrected chi connectivity index (χ3v) is 2.41. The summed E-state index contributed by atoms with van der Waals surface area (Å²) in [6, 6.07) is 8.04. The van der Waals surface area contributed by atoms with Crippen molar-refractivity contribution in [3.63, 3.8) is 0 Å². The maximum atomic E-state index is 12.7. The molecule has 78 valence electrons. The van der Waals surface area contributed by atoms with Gasteiger partial charge in [-0.25, -0.2) is 4.98 Å². The molecule has 0 unspecified atom stereocenters. The topological polar surface area (TPSA) is 17.8 Å². The van der Waals surface area contributed by atoms with Gasteiger partial charge in [-0.05, 0) is 23.6 Å². The maximum absolute atomic E-state index is 12.7. The molecular formula is C12H13FN2. The number of rotatable bonds is 2. The van der Waals surface area contributed by atoms with E-state index in [9.17, 15) is 4.39 Å². The van der Waals surface area contributed by atoms with E-state index < -0.39 is 5.95 Å². The van der Waals surface area contributed by atoms with Crippen molar-refractivity contribution in [2.24, 2.45) is 0 Å². The van der Waals surface area contributed by atoms with E-state index >= 15 is 0 Å². The minimum absolute atomic E-state index is 0.456. The van der Waals surface area contributed by atoms with Crippen LogP contribution in [0.2, 0.25) is 0 Å². The van der Waals surface area contributed by atoms with Gasteiger partial charge in [0, 0.05) is 5.69 Å². The first-order valence-electron chi connectivity index (χ1n) is 4.96. The standard InChI is InChI=1S/C12H13FN2/c1-9(2)10-3-5-11(6-4-10)15-7-12(13)14-8-15/h3-9H,1-2H3. The van der Waals surface area contributed by atoms with Gasteiger partial charge in [0.05, 0.1) is 6.20 Å². The lowest BCUT2D eigenvalue weighted by Gasteiger charge is -2.06. The highest BCUT2D eigenvalue weighted by molar-refractivity contribution is 5.35. The summed E-state index contributed by atoms with van der Waals surface area (Å²) in [4.78, 5) is 3.55. The number of hydrogen-bond acceptors (Lipinski definition) is 1. The monoisotopic (exact) mass is 204 g/mol. The number of benzene rings is 1. The predicted molar refractivity (Wildman–Crippen MR) is 57.6 cm³/mol. The molecule has 0 fully saturated rings. The molecule has 0 spiro atoms. The van der Waals surface area contributed by atoms with Gasteiger partial charge in [0.1, 0.15) is 6.33 Å². The first-order chi connectivity index (χ1) is 7.16. The molecule has 15 heavy (non-hydrogen) atoms. The molecule has 2 nitrogen and oxygen atoms in total. The van der Waals surface area contributed by atoms with Crippen LogP contribution in [0, 0.1) is 5.95 Å². The summed E-state index contributed by atoms with van der Waals surface area (Å²) in [5, 5.41) is 0. The molecule has 3 heteroatoms. The molecule has 0 N–H and O–H groups in total. The number of hydrogen-bond donors (Lipinski definition) is 0. The van der Waals surface area contributed by atoms with Gasteiger partial charge in [0.15, 0.2) is 0 Å². The van der Waals surface area contributed by atoms with Crippen LogP contribution in [0.25, 0.3) is 5.69 Å². The van der Waals surface area contributed by atoms with Crippen LogP contribution in [0.15, 0.2) is 36.8 Å². The largest absolute Gasteiger partial charge is 0.303 e. The minimum atomic E-state index is -0.456. The Morgan fingerprint density at radius 3 is 2.33 bits per heavy atom. The maximum Gasteiger partial charge on any atom is 0.231 e. The Balaban J connectivity index is 2.31. The first kappa shape index (κ1) is 9.90.